The number of benzene rings is 9. The van der Waals surface area contributed by atoms with Crippen LogP contribution < -0.4 is 0 Å². The summed E-state index contributed by atoms with van der Waals surface area (Å²) in [6.45, 7) is 2.29. The Labute approximate surface area is 370 Å². The molecule has 3 heterocycles. The van der Waals surface area contributed by atoms with Crippen LogP contribution in [0.25, 0.3) is 82.2 Å². The molecule has 2 atom stereocenters. The predicted molar refractivity (Wildman–Crippen MR) is 266 cm³/mol. The number of furan rings is 2. The van der Waals surface area contributed by atoms with E-state index in [4.69, 9.17) is 18.8 Å². The fourth-order valence-corrected chi connectivity index (χ4v) is 10.8. The van der Waals surface area contributed by atoms with Gasteiger partial charge >= 0.3 is 0 Å². The predicted octanol–water partition coefficient (Wildman–Crippen LogP) is 15.9. The van der Waals surface area contributed by atoms with E-state index in [-0.39, 0.29) is 11.8 Å². The fraction of sp³-hybridized carbons (Fsp3) is 0.100. The molecule has 0 amide bonds. The van der Waals surface area contributed by atoms with Crippen LogP contribution in [0.3, 0.4) is 0 Å². The molecule has 11 aromatic rings. The summed E-state index contributed by atoms with van der Waals surface area (Å²) in [6.07, 6.45) is 4.97. The van der Waals surface area contributed by atoms with Crippen LogP contribution in [-0.2, 0) is 6.42 Å². The highest BCUT2D eigenvalue weighted by Gasteiger charge is 2.31. The molecule has 0 spiro atoms. The van der Waals surface area contributed by atoms with Crippen LogP contribution in [0.1, 0.15) is 59.1 Å². The minimum Gasteiger partial charge on any atom is -0.456 e. The van der Waals surface area contributed by atoms with Crippen molar-refractivity contribution < 1.29 is 8.83 Å². The molecule has 2 unspecified atom stereocenters. The molecule has 2 aromatic heterocycles. The number of fused-ring (bicyclic) bond motifs is 11. The van der Waals surface area contributed by atoms with E-state index in [1.165, 1.54) is 38.6 Å². The van der Waals surface area contributed by atoms with Crippen molar-refractivity contribution in [2.45, 2.75) is 32.1 Å². The number of nitrogens with zero attached hydrogens (tertiary/aromatic N) is 2. The molecule has 1 aliphatic carbocycles. The van der Waals surface area contributed by atoms with Gasteiger partial charge in [0.25, 0.3) is 0 Å². The minimum absolute atomic E-state index is 0.0402. The number of aliphatic imine (C=N–C) groups is 2. The molecule has 64 heavy (non-hydrogen) atoms. The van der Waals surface area contributed by atoms with Crippen molar-refractivity contribution in [2.75, 3.05) is 0 Å². The number of rotatable bonds is 4. The Morgan fingerprint density at radius 3 is 2.02 bits per heavy atom. The normalized spacial score (nSPS) is 17.4. The second-order valence-electron chi connectivity index (χ2n) is 17.5. The van der Waals surface area contributed by atoms with Crippen LogP contribution in [0, 0.1) is 5.92 Å². The molecule has 4 heteroatoms. The third-order valence-corrected chi connectivity index (χ3v) is 13.8. The summed E-state index contributed by atoms with van der Waals surface area (Å²) in [7, 11) is 0. The molecule has 13 rings (SSSR count). The van der Waals surface area contributed by atoms with E-state index < -0.39 is 0 Å². The van der Waals surface area contributed by atoms with Crippen molar-refractivity contribution in [1.29, 1.82) is 0 Å². The molecule has 304 valence electrons. The standard InChI is InChI=1S/C60H42N2O2/c1-36-28-32-52(61-60(47-24-12-17-37-14-4-5-18-41(37)47)62-58(36)50-25-13-23-46-44-21-8-10-26-53(44)64-59(46)50)48-31-33-55-57(49-22-9-11-27-54(49)63-55)56(48)45-30-29-40-34-38-15-2-3-16-39(38)35-51(40)43-20-7-6-19-42(43)45/h2-27,31-36,45H,28-30H2,1H3/b52-32+,61-60?,62-58?. The van der Waals surface area contributed by atoms with E-state index >= 15 is 0 Å². The average Bonchev–Trinajstić information content (AvgIpc) is 3.87. The van der Waals surface area contributed by atoms with Gasteiger partial charge in [0.15, 0.2) is 5.84 Å². The maximum absolute atomic E-state index is 6.69. The Morgan fingerprint density at radius 2 is 1.14 bits per heavy atom. The van der Waals surface area contributed by atoms with Crippen LogP contribution in [0.2, 0.25) is 0 Å². The van der Waals surface area contributed by atoms with Crippen molar-refractivity contribution in [3.8, 4) is 11.1 Å². The molecular weight excluding hydrogens is 781 g/mol. The number of para-hydroxylation sites is 3. The molecule has 9 aromatic carbocycles. The van der Waals surface area contributed by atoms with Gasteiger partial charge in [-0.25, -0.2) is 9.98 Å². The molecule has 0 radical (unpaired) electrons. The van der Waals surface area contributed by atoms with E-state index in [1.54, 1.807) is 0 Å². The molecule has 0 fully saturated rings. The smallest absolute Gasteiger partial charge is 0.160 e. The van der Waals surface area contributed by atoms with E-state index in [1.807, 2.05) is 12.1 Å². The first-order valence-corrected chi connectivity index (χ1v) is 22.5. The molecule has 2 aliphatic rings. The summed E-state index contributed by atoms with van der Waals surface area (Å²) >= 11 is 0. The largest absolute Gasteiger partial charge is 0.456 e. The number of allylic oxidation sites excluding steroid dienone is 1. The number of aryl methyl sites for hydroxylation is 1. The van der Waals surface area contributed by atoms with Gasteiger partial charge in [-0.15, -0.1) is 0 Å². The zero-order chi connectivity index (χ0) is 42.3. The number of hydrogen-bond donors (Lipinski definition) is 0. The van der Waals surface area contributed by atoms with Gasteiger partial charge in [-0.2, -0.15) is 0 Å². The highest BCUT2D eigenvalue weighted by Crippen LogP contribution is 2.49. The molecule has 4 nitrogen and oxygen atoms in total. The van der Waals surface area contributed by atoms with Crippen molar-refractivity contribution in [3.05, 3.63) is 221 Å². The lowest BCUT2D eigenvalue weighted by molar-refractivity contribution is 0.666. The third kappa shape index (κ3) is 5.83. The Bertz CT molecular complexity index is 3800. The maximum atomic E-state index is 6.69. The zero-order valence-electron chi connectivity index (χ0n) is 35.4. The zero-order valence-corrected chi connectivity index (χ0v) is 35.4. The number of hydrogen-bond acceptors (Lipinski definition) is 4. The molecular formula is C60H42N2O2. The van der Waals surface area contributed by atoms with Gasteiger partial charge in [-0.1, -0.05) is 159 Å². The van der Waals surface area contributed by atoms with Gasteiger partial charge in [-0.05, 0) is 105 Å². The van der Waals surface area contributed by atoms with Crippen LogP contribution in [0.4, 0.5) is 0 Å². The first-order valence-electron chi connectivity index (χ1n) is 22.5. The lowest BCUT2D eigenvalue weighted by Gasteiger charge is -2.24. The SMILES string of the molecule is CC1C/C=C(\c2ccc3oc4ccccc4c3c2C2CCc3cc4ccccc4cc3-c3ccccc32)N=C(c2cccc3ccccc23)N=C1c1cccc2c1oc1ccccc12. The van der Waals surface area contributed by atoms with Gasteiger partial charge < -0.3 is 8.83 Å². The monoisotopic (exact) mass is 822 g/mol. The average molecular weight is 823 g/mol. The second kappa shape index (κ2) is 14.6. The summed E-state index contributed by atoms with van der Waals surface area (Å²) in [5, 5.41) is 9.28. The van der Waals surface area contributed by atoms with E-state index in [0.29, 0.717) is 5.84 Å². The highest BCUT2D eigenvalue weighted by atomic mass is 16.3. The van der Waals surface area contributed by atoms with Crippen LogP contribution >= 0.6 is 0 Å². The van der Waals surface area contributed by atoms with Crippen LogP contribution in [0.5, 0.6) is 0 Å². The van der Waals surface area contributed by atoms with Crippen LogP contribution in [-0.4, -0.2) is 11.5 Å². The first-order chi connectivity index (χ1) is 31.6. The summed E-state index contributed by atoms with van der Waals surface area (Å²) in [6, 6.07) is 65.3. The van der Waals surface area contributed by atoms with Gasteiger partial charge in [0.05, 0.1) is 11.4 Å². The molecule has 0 saturated carbocycles. The third-order valence-electron chi connectivity index (χ3n) is 13.8. The van der Waals surface area contributed by atoms with Gasteiger partial charge in [0.2, 0.25) is 0 Å². The van der Waals surface area contributed by atoms with E-state index in [0.717, 1.165) is 102 Å². The van der Waals surface area contributed by atoms with E-state index in [9.17, 15) is 0 Å². The Kier molecular flexibility index (Phi) is 8.42. The Morgan fingerprint density at radius 1 is 0.484 bits per heavy atom. The van der Waals surface area contributed by atoms with Crippen molar-refractivity contribution in [2.24, 2.45) is 15.9 Å². The number of amidine groups is 1. The van der Waals surface area contributed by atoms with Crippen LogP contribution in [0.15, 0.2) is 207 Å². The summed E-state index contributed by atoms with van der Waals surface area (Å²) < 4.78 is 13.3. The van der Waals surface area contributed by atoms with Gasteiger partial charge in [-0.3, -0.25) is 0 Å². The van der Waals surface area contributed by atoms with Crippen molar-refractivity contribution >= 4 is 82.7 Å². The quantitative estimate of drug-likeness (QED) is 0.178. The molecule has 0 bridgehead atoms. The van der Waals surface area contributed by atoms with Crippen molar-refractivity contribution in [3.63, 3.8) is 0 Å². The fourth-order valence-electron chi connectivity index (χ4n) is 10.8. The lowest BCUT2D eigenvalue weighted by Crippen LogP contribution is -2.17. The first kappa shape index (κ1) is 36.8. The lowest BCUT2D eigenvalue weighted by atomic mass is 9.80. The van der Waals surface area contributed by atoms with Gasteiger partial charge in [0, 0.05) is 50.1 Å². The maximum Gasteiger partial charge on any atom is 0.160 e. The molecule has 1 aliphatic heterocycles. The Balaban J connectivity index is 1.07. The summed E-state index contributed by atoms with van der Waals surface area (Å²) in [5.74, 6) is 0.774. The Hall–Kier alpha value is -7.82. The summed E-state index contributed by atoms with van der Waals surface area (Å²) in [5.41, 5.74) is 15.1. The molecule has 0 N–H and O–H groups in total. The van der Waals surface area contributed by atoms with Crippen molar-refractivity contribution in [1.82, 2.24) is 0 Å². The summed E-state index contributed by atoms with van der Waals surface area (Å²) in [4.78, 5) is 11.5. The van der Waals surface area contributed by atoms with E-state index in [2.05, 4.69) is 183 Å². The molecule has 0 saturated heterocycles. The highest BCUT2D eigenvalue weighted by molar-refractivity contribution is 6.22. The van der Waals surface area contributed by atoms with Gasteiger partial charge in [0.1, 0.15) is 22.3 Å². The second-order valence-corrected chi connectivity index (χ2v) is 17.5. The minimum atomic E-state index is 0.0402. The topological polar surface area (TPSA) is 51.0 Å².